The monoisotopic (exact) mass is 408 g/mol. The highest BCUT2D eigenvalue weighted by Gasteiger charge is 2.13. The van der Waals surface area contributed by atoms with Gasteiger partial charge in [-0.05, 0) is 24.1 Å². The summed E-state index contributed by atoms with van der Waals surface area (Å²) in [5.41, 5.74) is 1.03. The van der Waals surface area contributed by atoms with Crippen LogP contribution in [0.1, 0.15) is 22.3 Å². The molecule has 0 atom stereocenters. The predicted molar refractivity (Wildman–Crippen MR) is 105 cm³/mol. The Balaban J connectivity index is 1.67. The molecule has 2 aromatic carbocycles. The van der Waals surface area contributed by atoms with Crippen LogP contribution in [0.4, 0.5) is 0 Å². The summed E-state index contributed by atoms with van der Waals surface area (Å²) in [7, 11) is -3.23. The summed E-state index contributed by atoms with van der Waals surface area (Å²) in [6.45, 7) is 0.00956. The van der Waals surface area contributed by atoms with Crippen LogP contribution in [0, 0.1) is 0 Å². The van der Waals surface area contributed by atoms with Gasteiger partial charge in [0.25, 0.3) is 5.91 Å². The third-order valence-corrected chi connectivity index (χ3v) is 5.73. The maximum absolute atomic E-state index is 12.1. The second kappa shape index (κ2) is 10.1. The zero-order chi connectivity index (χ0) is 19.7. The molecule has 0 radical (unpaired) electrons. The van der Waals surface area contributed by atoms with Crippen molar-refractivity contribution in [1.29, 1.82) is 0 Å². The van der Waals surface area contributed by atoms with Crippen LogP contribution in [0.15, 0.2) is 54.6 Å². The highest BCUT2D eigenvalue weighted by atomic mass is 35.5. The molecule has 0 heterocycles. The van der Waals surface area contributed by atoms with Gasteiger partial charge in [-0.1, -0.05) is 54.1 Å². The van der Waals surface area contributed by atoms with Crippen molar-refractivity contribution in [3.63, 3.8) is 0 Å². The lowest BCUT2D eigenvalue weighted by molar-refractivity contribution is -0.120. The van der Waals surface area contributed by atoms with Gasteiger partial charge in [0.15, 0.2) is 9.84 Å². The van der Waals surface area contributed by atoms with E-state index in [0.717, 1.165) is 5.56 Å². The first kappa shape index (κ1) is 20.9. The quantitative estimate of drug-likeness (QED) is 0.622. The second-order valence-corrected chi connectivity index (χ2v) is 8.53. The fourth-order valence-corrected chi connectivity index (χ4v) is 4.03. The van der Waals surface area contributed by atoms with Crippen molar-refractivity contribution in [3.05, 3.63) is 70.7 Å². The molecule has 2 aromatic rings. The van der Waals surface area contributed by atoms with Crippen LogP contribution in [0.3, 0.4) is 0 Å². The Hall–Kier alpha value is -2.38. The molecule has 0 aromatic heterocycles. The van der Waals surface area contributed by atoms with Crippen LogP contribution in [0.5, 0.6) is 0 Å². The van der Waals surface area contributed by atoms with Gasteiger partial charge in [-0.25, -0.2) is 8.42 Å². The molecule has 0 aliphatic rings. The third kappa shape index (κ3) is 7.40. The highest BCUT2D eigenvalue weighted by Crippen LogP contribution is 2.14. The fraction of sp³-hybridized carbons (Fsp3) is 0.263. The van der Waals surface area contributed by atoms with Gasteiger partial charge in [-0.2, -0.15) is 0 Å². The van der Waals surface area contributed by atoms with Gasteiger partial charge in [0.05, 0.1) is 28.6 Å². The molecule has 0 aliphatic carbocycles. The molecule has 0 aliphatic heterocycles. The van der Waals surface area contributed by atoms with Gasteiger partial charge in [0, 0.05) is 6.54 Å². The SMILES string of the molecule is O=C(CNC(=O)c1ccccc1Cl)NCCCS(=O)(=O)Cc1ccccc1. The molecular weight excluding hydrogens is 388 g/mol. The van der Waals surface area contributed by atoms with E-state index in [-0.39, 0.29) is 24.6 Å². The molecule has 0 saturated heterocycles. The number of rotatable bonds is 9. The smallest absolute Gasteiger partial charge is 0.253 e. The fourth-order valence-electron chi connectivity index (χ4n) is 2.38. The Bertz CT molecular complexity index is 886. The summed E-state index contributed by atoms with van der Waals surface area (Å²) in [6.07, 6.45) is 0.305. The Morgan fingerprint density at radius 1 is 0.926 bits per heavy atom. The summed E-state index contributed by atoms with van der Waals surface area (Å²) in [6, 6.07) is 15.5. The maximum Gasteiger partial charge on any atom is 0.253 e. The van der Waals surface area contributed by atoms with Gasteiger partial charge >= 0.3 is 0 Å². The molecule has 0 unspecified atom stereocenters. The Morgan fingerprint density at radius 2 is 1.59 bits per heavy atom. The van der Waals surface area contributed by atoms with E-state index in [9.17, 15) is 18.0 Å². The molecule has 0 saturated carbocycles. The number of nitrogens with one attached hydrogen (secondary N) is 2. The second-order valence-electron chi connectivity index (χ2n) is 5.94. The van der Waals surface area contributed by atoms with Crippen molar-refractivity contribution in [3.8, 4) is 0 Å². The number of halogens is 1. The number of carbonyl (C=O) groups excluding carboxylic acids is 2. The van der Waals surface area contributed by atoms with E-state index in [0.29, 0.717) is 17.0 Å². The Labute approximate surface area is 163 Å². The lowest BCUT2D eigenvalue weighted by Gasteiger charge is -2.08. The topological polar surface area (TPSA) is 92.3 Å². The zero-order valence-corrected chi connectivity index (χ0v) is 16.2. The Kier molecular flexibility index (Phi) is 7.82. The van der Waals surface area contributed by atoms with Gasteiger partial charge in [0.1, 0.15) is 0 Å². The number of carbonyl (C=O) groups is 2. The average Bonchev–Trinajstić information content (AvgIpc) is 2.64. The van der Waals surface area contributed by atoms with E-state index in [1.807, 2.05) is 6.07 Å². The molecule has 8 heteroatoms. The largest absolute Gasteiger partial charge is 0.355 e. The van der Waals surface area contributed by atoms with Crippen LogP contribution in [0.2, 0.25) is 5.02 Å². The number of hydrogen-bond acceptors (Lipinski definition) is 4. The third-order valence-electron chi connectivity index (χ3n) is 3.71. The van der Waals surface area contributed by atoms with E-state index in [1.54, 1.807) is 48.5 Å². The van der Waals surface area contributed by atoms with Gasteiger partial charge in [0.2, 0.25) is 5.91 Å². The molecule has 6 nitrogen and oxygen atoms in total. The number of benzene rings is 2. The van der Waals surface area contributed by atoms with Gasteiger partial charge in [-0.3, -0.25) is 9.59 Å². The first-order valence-electron chi connectivity index (χ1n) is 8.41. The van der Waals surface area contributed by atoms with Gasteiger partial charge < -0.3 is 10.6 Å². The predicted octanol–water partition coefficient (Wildman–Crippen LogP) is 2.19. The highest BCUT2D eigenvalue weighted by molar-refractivity contribution is 7.90. The van der Waals surface area contributed by atoms with Gasteiger partial charge in [-0.15, -0.1) is 0 Å². The van der Waals surface area contributed by atoms with Crippen LogP contribution >= 0.6 is 11.6 Å². The van der Waals surface area contributed by atoms with Crippen LogP contribution in [-0.2, 0) is 20.4 Å². The molecule has 2 N–H and O–H groups in total. The summed E-state index contributed by atoms with van der Waals surface area (Å²) in [5.74, 6) is -0.874. The van der Waals surface area contributed by atoms with Crippen molar-refractivity contribution >= 4 is 33.3 Å². The minimum Gasteiger partial charge on any atom is -0.355 e. The summed E-state index contributed by atoms with van der Waals surface area (Å²) < 4.78 is 24.1. The standard InChI is InChI=1S/C19H21ClN2O4S/c20-17-10-5-4-9-16(17)19(24)22-13-18(23)21-11-6-12-27(25,26)14-15-7-2-1-3-8-15/h1-5,7-10H,6,11-14H2,(H,21,23)(H,22,24). The van der Waals surface area contributed by atoms with E-state index < -0.39 is 21.7 Å². The van der Waals surface area contributed by atoms with Crippen LogP contribution in [-0.4, -0.2) is 39.1 Å². The number of sulfone groups is 1. The molecule has 0 spiro atoms. The lowest BCUT2D eigenvalue weighted by Crippen LogP contribution is -2.37. The van der Waals surface area contributed by atoms with Crippen molar-refractivity contribution in [1.82, 2.24) is 10.6 Å². The van der Waals surface area contributed by atoms with Crippen LogP contribution < -0.4 is 10.6 Å². The van der Waals surface area contributed by atoms with Crippen LogP contribution in [0.25, 0.3) is 0 Å². The van der Waals surface area contributed by atoms with Crippen molar-refractivity contribution in [2.24, 2.45) is 0 Å². The lowest BCUT2D eigenvalue weighted by atomic mass is 10.2. The molecule has 144 valence electrons. The average molecular weight is 409 g/mol. The van der Waals surface area contributed by atoms with Crippen molar-refractivity contribution in [2.45, 2.75) is 12.2 Å². The molecule has 27 heavy (non-hydrogen) atoms. The normalized spacial score (nSPS) is 11.0. The molecule has 0 bridgehead atoms. The summed E-state index contributed by atoms with van der Waals surface area (Å²) in [4.78, 5) is 23.7. The minimum atomic E-state index is -3.23. The maximum atomic E-state index is 12.1. The van der Waals surface area contributed by atoms with Crippen molar-refractivity contribution in [2.75, 3.05) is 18.8 Å². The molecule has 0 fully saturated rings. The van der Waals surface area contributed by atoms with E-state index >= 15 is 0 Å². The Morgan fingerprint density at radius 3 is 2.30 bits per heavy atom. The summed E-state index contributed by atoms with van der Waals surface area (Å²) in [5, 5.41) is 5.37. The first-order valence-corrected chi connectivity index (χ1v) is 10.6. The van der Waals surface area contributed by atoms with Crippen molar-refractivity contribution < 1.29 is 18.0 Å². The summed E-state index contributed by atoms with van der Waals surface area (Å²) >= 11 is 5.92. The number of amides is 2. The zero-order valence-electron chi connectivity index (χ0n) is 14.7. The minimum absolute atomic E-state index is 0.0182. The molecule has 2 amide bonds. The van der Waals surface area contributed by atoms with E-state index in [1.165, 1.54) is 0 Å². The van der Waals surface area contributed by atoms with E-state index in [4.69, 9.17) is 11.6 Å². The number of hydrogen-bond donors (Lipinski definition) is 2. The first-order chi connectivity index (χ1) is 12.9. The molecule has 2 rings (SSSR count). The van der Waals surface area contributed by atoms with E-state index in [2.05, 4.69) is 10.6 Å². The molecular formula is C19H21ClN2O4S.